The van der Waals surface area contributed by atoms with Gasteiger partial charge in [0, 0.05) is 66.5 Å². The molecule has 0 bridgehead atoms. The molecule has 13 nitrogen and oxygen atoms in total. The molecule has 69 heavy (non-hydrogen) atoms. The third-order valence-electron chi connectivity index (χ3n) is 9.46. The molecular formula is C56H65N5O8. The molecule has 0 saturated heterocycles. The SMILES string of the molecule is C=C(C)C(=O)OCCN(C)C.C=Cc1ccc(C(C)(C)C)cc1.C=Cc1ccncc1.CC(C)(C)N1C(=O)C=CC1=O.O=C1C=CC(=O)N1Cc1ccccc1.O=C1C=CC(=O)N1c1ccccc1. The number of ether oxygens (including phenoxy) is 1. The van der Waals surface area contributed by atoms with Crippen molar-refractivity contribution in [3.8, 4) is 0 Å². The average molecular weight is 936 g/mol. The van der Waals surface area contributed by atoms with Crippen molar-refractivity contribution in [2.75, 3.05) is 32.1 Å². The summed E-state index contributed by atoms with van der Waals surface area (Å²) < 4.78 is 4.83. The number of nitrogens with zero attached hydrogens (tertiary/aromatic N) is 5. The van der Waals surface area contributed by atoms with Gasteiger partial charge in [-0.2, -0.15) is 0 Å². The number of benzene rings is 3. The van der Waals surface area contributed by atoms with Gasteiger partial charge in [-0.1, -0.05) is 125 Å². The van der Waals surface area contributed by atoms with Gasteiger partial charge in [0.15, 0.2) is 0 Å². The highest BCUT2D eigenvalue weighted by Crippen LogP contribution is 2.22. The van der Waals surface area contributed by atoms with Crippen molar-refractivity contribution in [3.05, 3.63) is 193 Å². The van der Waals surface area contributed by atoms with E-state index < -0.39 is 5.54 Å². The molecule has 0 atom stereocenters. The summed E-state index contributed by atoms with van der Waals surface area (Å²) in [5.41, 5.74) is 5.53. The average Bonchev–Trinajstić information content (AvgIpc) is 3.97. The van der Waals surface area contributed by atoms with E-state index in [1.54, 1.807) is 49.7 Å². The first-order valence-corrected chi connectivity index (χ1v) is 22.0. The molecule has 1 aromatic heterocycles. The van der Waals surface area contributed by atoms with Crippen LogP contribution in [0.15, 0.2) is 171 Å². The number of para-hydroxylation sites is 1. The fourth-order valence-electron chi connectivity index (χ4n) is 5.71. The van der Waals surface area contributed by atoms with E-state index in [2.05, 4.69) is 69.8 Å². The van der Waals surface area contributed by atoms with Crippen molar-refractivity contribution in [1.82, 2.24) is 19.7 Å². The van der Waals surface area contributed by atoms with Crippen LogP contribution >= 0.6 is 0 Å². The van der Waals surface area contributed by atoms with E-state index in [0.29, 0.717) is 24.4 Å². The maximum absolute atomic E-state index is 11.2. The summed E-state index contributed by atoms with van der Waals surface area (Å²) in [6.45, 7) is 26.1. The van der Waals surface area contributed by atoms with Crippen molar-refractivity contribution in [2.45, 2.75) is 66.0 Å². The van der Waals surface area contributed by atoms with E-state index >= 15 is 0 Å². The Morgan fingerprint density at radius 3 is 1.45 bits per heavy atom. The van der Waals surface area contributed by atoms with Crippen LogP contribution in [0.1, 0.15) is 70.7 Å². The number of aromatic nitrogens is 1. The van der Waals surface area contributed by atoms with Gasteiger partial charge in [-0.05, 0) is 93.7 Å². The molecule has 0 N–H and O–H groups in total. The normalized spacial score (nSPS) is 13.4. The minimum absolute atomic E-state index is 0.220. The van der Waals surface area contributed by atoms with Gasteiger partial charge in [0.2, 0.25) is 0 Å². The Bertz CT molecular complexity index is 2430. The van der Waals surface area contributed by atoms with Crippen LogP contribution in [0, 0.1) is 0 Å². The molecule has 0 unspecified atom stereocenters. The van der Waals surface area contributed by atoms with Gasteiger partial charge < -0.3 is 9.64 Å². The highest BCUT2D eigenvalue weighted by Gasteiger charge is 2.33. The van der Waals surface area contributed by atoms with E-state index in [1.165, 1.54) is 57.4 Å². The lowest BCUT2D eigenvalue weighted by Gasteiger charge is -2.29. The summed E-state index contributed by atoms with van der Waals surface area (Å²) in [5.74, 6) is -1.79. The lowest BCUT2D eigenvalue weighted by Crippen LogP contribution is -2.45. The Hall–Kier alpha value is -7.90. The van der Waals surface area contributed by atoms with Crippen molar-refractivity contribution in [3.63, 3.8) is 0 Å². The third-order valence-corrected chi connectivity index (χ3v) is 9.46. The number of anilines is 1. The smallest absolute Gasteiger partial charge is 0.333 e. The zero-order valence-corrected chi connectivity index (χ0v) is 41.3. The first-order valence-electron chi connectivity index (χ1n) is 22.0. The number of carbonyl (C=O) groups is 7. The summed E-state index contributed by atoms with van der Waals surface area (Å²) in [5, 5.41) is 0. The number of amides is 6. The van der Waals surface area contributed by atoms with Crippen LogP contribution in [0.2, 0.25) is 0 Å². The van der Waals surface area contributed by atoms with E-state index in [9.17, 15) is 33.6 Å². The second-order valence-electron chi connectivity index (χ2n) is 17.6. The van der Waals surface area contributed by atoms with Gasteiger partial charge in [-0.3, -0.25) is 43.6 Å². The number of pyridine rings is 1. The Morgan fingerprint density at radius 1 is 0.623 bits per heavy atom. The minimum atomic E-state index is -0.405. The van der Waals surface area contributed by atoms with Crippen LogP contribution in [-0.4, -0.2) is 93.9 Å². The molecular weight excluding hydrogens is 871 g/mol. The number of hydrogen-bond acceptors (Lipinski definition) is 10. The van der Waals surface area contributed by atoms with Crippen LogP contribution < -0.4 is 4.90 Å². The molecule has 4 aromatic rings. The zero-order valence-electron chi connectivity index (χ0n) is 41.3. The first kappa shape index (κ1) is 57.2. The molecule has 13 heteroatoms. The molecule has 0 radical (unpaired) electrons. The first-order chi connectivity index (χ1) is 32.5. The summed E-state index contributed by atoms with van der Waals surface area (Å²) in [6.07, 6.45) is 14.9. The zero-order chi connectivity index (χ0) is 51.7. The molecule has 0 spiro atoms. The molecule has 0 saturated carbocycles. The second-order valence-corrected chi connectivity index (χ2v) is 17.6. The number of imide groups is 3. The summed E-state index contributed by atoms with van der Waals surface area (Å²) in [4.78, 5) is 87.1. The predicted molar refractivity (Wildman–Crippen MR) is 274 cm³/mol. The van der Waals surface area contributed by atoms with Crippen molar-refractivity contribution < 1.29 is 38.3 Å². The van der Waals surface area contributed by atoms with Crippen molar-refractivity contribution in [2.24, 2.45) is 0 Å². The van der Waals surface area contributed by atoms with Crippen molar-refractivity contribution >= 4 is 59.3 Å². The third kappa shape index (κ3) is 20.7. The summed E-state index contributed by atoms with van der Waals surface area (Å²) >= 11 is 0. The highest BCUT2D eigenvalue weighted by molar-refractivity contribution is 6.28. The topological polar surface area (TPSA) is 155 Å². The molecule has 4 heterocycles. The second kappa shape index (κ2) is 28.3. The van der Waals surface area contributed by atoms with Gasteiger partial charge in [0.1, 0.15) is 6.61 Å². The Balaban J connectivity index is 0.000000286. The minimum Gasteiger partial charge on any atom is -0.461 e. The molecule has 6 amide bonds. The highest BCUT2D eigenvalue weighted by atomic mass is 16.5. The fraction of sp³-hybridized carbons (Fsp3) is 0.250. The lowest BCUT2D eigenvalue weighted by molar-refractivity contribution is -0.142. The van der Waals surface area contributed by atoms with Crippen LogP contribution in [-0.2, 0) is 50.3 Å². The van der Waals surface area contributed by atoms with Gasteiger partial charge in [0.05, 0.1) is 12.2 Å². The number of hydrogen-bond donors (Lipinski definition) is 0. The van der Waals surface area contributed by atoms with Gasteiger partial charge in [0.25, 0.3) is 35.4 Å². The standard InChI is InChI=1S/C12H16.C11H9NO2.C10H7NO2.C8H11NO2.C8H15NO2.C7H7N/c1-5-10-6-8-11(9-7-10)12(2,3)4;13-10-6-7-11(14)12(10)8-9-4-2-1-3-5-9;12-9-6-7-10(13)11(9)8-4-2-1-3-5-8;1-8(2,3)9-6(10)4-5-7(9)11;1-7(2)8(10)11-6-5-9(3)4;1-2-7-3-5-8-6-4-7/h5-9H,1H2,2-4H3;1-7H,8H2;1-7H;4-5H,1-3H3;1,5-6H2,2-4H3;2-6H,1H2. The van der Waals surface area contributed by atoms with Gasteiger partial charge >= 0.3 is 5.97 Å². The summed E-state index contributed by atoms with van der Waals surface area (Å²) in [7, 11) is 3.85. The summed E-state index contributed by atoms with van der Waals surface area (Å²) in [6, 6.07) is 30.7. The van der Waals surface area contributed by atoms with Crippen LogP contribution in [0.4, 0.5) is 5.69 Å². The van der Waals surface area contributed by atoms with Gasteiger partial charge in [-0.25, -0.2) is 9.69 Å². The molecule has 362 valence electrons. The molecule has 3 aromatic carbocycles. The van der Waals surface area contributed by atoms with Gasteiger partial charge in [-0.15, -0.1) is 0 Å². The van der Waals surface area contributed by atoms with E-state index in [0.717, 1.165) is 22.6 Å². The maximum atomic E-state index is 11.2. The predicted octanol–water partition coefficient (Wildman–Crippen LogP) is 8.96. The molecule has 3 aliphatic rings. The molecule has 3 aliphatic heterocycles. The van der Waals surface area contributed by atoms with Crippen LogP contribution in [0.3, 0.4) is 0 Å². The lowest BCUT2D eigenvalue weighted by atomic mass is 9.87. The molecule has 7 rings (SSSR count). The number of esters is 1. The van der Waals surface area contributed by atoms with Crippen LogP contribution in [0.25, 0.3) is 12.2 Å². The van der Waals surface area contributed by atoms with Crippen LogP contribution in [0.5, 0.6) is 0 Å². The van der Waals surface area contributed by atoms with E-state index in [-0.39, 0.29) is 46.8 Å². The molecule has 0 aliphatic carbocycles. The Labute approximate surface area is 407 Å². The Morgan fingerprint density at radius 2 is 1.06 bits per heavy atom. The number of carbonyl (C=O) groups excluding carboxylic acids is 7. The number of likely N-dealkylation sites (N-methyl/N-ethyl adjacent to an activating group) is 1. The molecule has 0 fully saturated rings. The monoisotopic (exact) mass is 935 g/mol. The quantitative estimate of drug-likeness (QED) is 0.0903. The van der Waals surface area contributed by atoms with Crippen molar-refractivity contribution in [1.29, 1.82) is 0 Å². The largest absolute Gasteiger partial charge is 0.461 e. The van der Waals surface area contributed by atoms with E-state index in [4.69, 9.17) is 4.74 Å². The fourth-order valence-corrected chi connectivity index (χ4v) is 5.71. The van der Waals surface area contributed by atoms with E-state index in [1.807, 2.05) is 94.4 Å². The number of rotatable bonds is 9. The maximum Gasteiger partial charge on any atom is 0.333 e. The Kier molecular flexibility index (Phi) is 23.5.